The van der Waals surface area contributed by atoms with Gasteiger partial charge in [-0.2, -0.15) is 13.2 Å². The summed E-state index contributed by atoms with van der Waals surface area (Å²) in [5, 5.41) is 9.36. The Hall–Kier alpha value is -3.08. The van der Waals surface area contributed by atoms with E-state index in [0.29, 0.717) is 30.2 Å². The first-order valence-electron chi connectivity index (χ1n) is 11.5. The molecule has 1 saturated heterocycles. The van der Waals surface area contributed by atoms with Gasteiger partial charge < -0.3 is 10.5 Å². The number of rotatable bonds is 6. The summed E-state index contributed by atoms with van der Waals surface area (Å²) in [6.45, 7) is 2.83. The van der Waals surface area contributed by atoms with Crippen molar-refractivity contribution in [2.45, 2.75) is 37.5 Å². The van der Waals surface area contributed by atoms with E-state index in [0.717, 1.165) is 22.9 Å². The number of aromatic nitrogens is 4. The van der Waals surface area contributed by atoms with Gasteiger partial charge >= 0.3 is 6.18 Å². The third-order valence-electron chi connectivity index (χ3n) is 6.53. The summed E-state index contributed by atoms with van der Waals surface area (Å²) in [6.07, 6.45) is -1.72. The van der Waals surface area contributed by atoms with Crippen LogP contribution in [0.4, 0.5) is 13.2 Å². The summed E-state index contributed by atoms with van der Waals surface area (Å²) in [5.41, 5.74) is 8.45. The summed E-state index contributed by atoms with van der Waals surface area (Å²) in [6, 6.07) is 11.0. The molecule has 0 aliphatic carbocycles. The molecule has 10 heteroatoms. The number of likely N-dealkylation sites (tertiary alicyclic amines) is 1. The van der Waals surface area contributed by atoms with Gasteiger partial charge in [0, 0.05) is 37.3 Å². The normalized spacial score (nSPS) is 20.2. The van der Waals surface area contributed by atoms with Crippen LogP contribution in [0.5, 0.6) is 0 Å². The molecule has 3 aromatic heterocycles. The number of ether oxygens (including phenoxy) is 1. The molecule has 4 aromatic rings. The Labute approximate surface area is 200 Å². The fraction of sp³-hybridized carbons (Fsp3) is 0.400. The van der Waals surface area contributed by atoms with Crippen molar-refractivity contribution in [3.8, 4) is 11.5 Å². The molecule has 0 bridgehead atoms. The minimum absolute atomic E-state index is 0.117. The average Bonchev–Trinajstić information content (AvgIpc) is 3.38. The third-order valence-corrected chi connectivity index (χ3v) is 6.53. The van der Waals surface area contributed by atoms with Gasteiger partial charge in [-0.3, -0.25) is 9.30 Å². The molecular weight excluding hydrogens is 457 g/mol. The maximum Gasteiger partial charge on any atom is 0.408 e. The van der Waals surface area contributed by atoms with Crippen LogP contribution in [-0.2, 0) is 11.2 Å². The second-order valence-corrected chi connectivity index (χ2v) is 9.50. The van der Waals surface area contributed by atoms with E-state index >= 15 is 0 Å². The molecule has 0 amide bonds. The van der Waals surface area contributed by atoms with E-state index in [9.17, 15) is 13.2 Å². The highest BCUT2D eigenvalue weighted by molar-refractivity contribution is 5.81. The highest BCUT2D eigenvalue weighted by Gasteiger charge is 2.48. The fourth-order valence-corrected chi connectivity index (χ4v) is 4.75. The SMILES string of the molecule is COCCc1ccc2ccc(-c3nnc4ccc(C(N5CCC(C)(N)C5)C(F)(F)F)cn34)nc2c1. The Morgan fingerprint density at radius 1 is 1.14 bits per heavy atom. The van der Waals surface area contributed by atoms with Crippen LogP contribution in [0.1, 0.15) is 30.5 Å². The lowest BCUT2D eigenvalue weighted by atomic mass is 10.0. The van der Waals surface area contributed by atoms with Crippen molar-refractivity contribution in [3.05, 3.63) is 59.8 Å². The van der Waals surface area contributed by atoms with Crippen molar-refractivity contribution >= 4 is 16.6 Å². The molecule has 2 N–H and O–H groups in total. The third kappa shape index (κ3) is 4.73. The van der Waals surface area contributed by atoms with Gasteiger partial charge in [-0.05, 0) is 49.1 Å². The Bertz CT molecular complexity index is 1370. The van der Waals surface area contributed by atoms with Gasteiger partial charge in [-0.25, -0.2) is 4.98 Å². The highest BCUT2D eigenvalue weighted by atomic mass is 19.4. The van der Waals surface area contributed by atoms with E-state index < -0.39 is 17.8 Å². The van der Waals surface area contributed by atoms with E-state index in [1.54, 1.807) is 24.5 Å². The minimum atomic E-state index is -4.46. The summed E-state index contributed by atoms with van der Waals surface area (Å²) < 4.78 is 49.4. The zero-order chi connectivity index (χ0) is 24.8. The number of hydrogen-bond donors (Lipinski definition) is 1. The molecular formula is C25H27F3N6O. The molecule has 4 heterocycles. The minimum Gasteiger partial charge on any atom is -0.384 e. The van der Waals surface area contributed by atoms with Crippen molar-refractivity contribution in [2.75, 3.05) is 26.8 Å². The first-order chi connectivity index (χ1) is 16.6. The van der Waals surface area contributed by atoms with Crippen LogP contribution in [0, 0.1) is 0 Å². The lowest BCUT2D eigenvalue weighted by Gasteiger charge is -2.31. The van der Waals surface area contributed by atoms with Crippen molar-refractivity contribution < 1.29 is 17.9 Å². The quantitative estimate of drug-likeness (QED) is 0.443. The summed E-state index contributed by atoms with van der Waals surface area (Å²) in [5.74, 6) is 0.386. The van der Waals surface area contributed by atoms with Gasteiger partial charge in [0.05, 0.1) is 12.1 Å². The van der Waals surface area contributed by atoms with E-state index in [2.05, 4.69) is 10.2 Å². The monoisotopic (exact) mass is 484 g/mol. The molecule has 1 fully saturated rings. The number of methoxy groups -OCH3 is 1. The van der Waals surface area contributed by atoms with Crippen LogP contribution in [0.25, 0.3) is 28.1 Å². The number of nitrogens with two attached hydrogens (primary N) is 1. The molecule has 2 unspecified atom stereocenters. The lowest BCUT2D eigenvalue weighted by Crippen LogP contribution is -2.43. The topological polar surface area (TPSA) is 81.6 Å². The summed E-state index contributed by atoms with van der Waals surface area (Å²) in [4.78, 5) is 6.15. The molecule has 1 aliphatic rings. The molecule has 2 atom stereocenters. The molecule has 1 aliphatic heterocycles. The van der Waals surface area contributed by atoms with E-state index in [-0.39, 0.29) is 18.7 Å². The number of hydrogen-bond acceptors (Lipinski definition) is 6. The first-order valence-corrected chi connectivity index (χ1v) is 11.5. The van der Waals surface area contributed by atoms with Crippen LogP contribution in [0.3, 0.4) is 0 Å². The maximum atomic E-state index is 14.2. The second kappa shape index (κ2) is 8.85. The molecule has 184 valence electrons. The molecule has 7 nitrogen and oxygen atoms in total. The van der Waals surface area contributed by atoms with E-state index in [1.165, 1.54) is 17.2 Å². The summed E-state index contributed by atoms with van der Waals surface area (Å²) >= 11 is 0. The molecule has 0 radical (unpaired) electrons. The number of pyridine rings is 2. The smallest absolute Gasteiger partial charge is 0.384 e. The molecule has 0 saturated carbocycles. The number of nitrogens with zero attached hydrogens (tertiary/aromatic N) is 5. The second-order valence-electron chi connectivity index (χ2n) is 9.50. The largest absolute Gasteiger partial charge is 0.408 e. The fourth-order valence-electron chi connectivity index (χ4n) is 4.75. The van der Waals surface area contributed by atoms with E-state index in [4.69, 9.17) is 15.5 Å². The Morgan fingerprint density at radius 3 is 2.66 bits per heavy atom. The van der Waals surface area contributed by atoms with Gasteiger partial charge in [-0.1, -0.05) is 24.3 Å². The predicted octanol–water partition coefficient (Wildman–Crippen LogP) is 4.16. The van der Waals surface area contributed by atoms with Crippen LogP contribution < -0.4 is 5.73 Å². The van der Waals surface area contributed by atoms with Crippen molar-refractivity contribution in [2.24, 2.45) is 5.73 Å². The Kier molecular flexibility index (Phi) is 5.98. The van der Waals surface area contributed by atoms with Crippen molar-refractivity contribution in [1.82, 2.24) is 24.5 Å². The van der Waals surface area contributed by atoms with Gasteiger partial charge in [0.15, 0.2) is 11.5 Å². The Balaban J connectivity index is 1.55. The number of fused-ring (bicyclic) bond motifs is 2. The van der Waals surface area contributed by atoms with Crippen molar-refractivity contribution in [1.29, 1.82) is 0 Å². The maximum absolute atomic E-state index is 14.2. The molecule has 1 aromatic carbocycles. The van der Waals surface area contributed by atoms with Gasteiger partial charge in [0.2, 0.25) is 0 Å². The van der Waals surface area contributed by atoms with Crippen LogP contribution >= 0.6 is 0 Å². The Morgan fingerprint density at radius 2 is 1.94 bits per heavy atom. The average molecular weight is 485 g/mol. The molecule has 5 rings (SSSR count). The summed E-state index contributed by atoms with van der Waals surface area (Å²) in [7, 11) is 1.66. The van der Waals surface area contributed by atoms with Gasteiger partial charge in [-0.15, -0.1) is 10.2 Å². The molecule has 0 spiro atoms. The van der Waals surface area contributed by atoms with Crippen LogP contribution in [0.15, 0.2) is 48.7 Å². The van der Waals surface area contributed by atoms with Crippen LogP contribution in [0.2, 0.25) is 0 Å². The zero-order valence-corrected chi connectivity index (χ0v) is 19.6. The highest BCUT2D eigenvalue weighted by Crippen LogP contribution is 2.41. The van der Waals surface area contributed by atoms with E-state index in [1.807, 2.05) is 30.3 Å². The standard InChI is InChI=1S/C25H27F3N6O/c1-24(29)10-11-33(15-24)22(25(26,27)28)18-6-8-21-31-32-23(34(21)14-18)19-7-5-17-4-3-16(9-12-35-2)13-20(17)30-19/h3-8,13-14,22H,9-12,15,29H2,1-2H3. The lowest BCUT2D eigenvalue weighted by molar-refractivity contribution is -0.184. The predicted molar refractivity (Wildman–Crippen MR) is 127 cm³/mol. The van der Waals surface area contributed by atoms with Crippen LogP contribution in [-0.4, -0.2) is 63.0 Å². The zero-order valence-electron chi connectivity index (χ0n) is 19.6. The number of alkyl halides is 3. The number of halogens is 3. The van der Waals surface area contributed by atoms with Gasteiger partial charge in [0.25, 0.3) is 0 Å². The first kappa shape index (κ1) is 23.7. The van der Waals surface area contributed by atoms with Gasteiger partial charge in [0.1, 0.15) is 11.7 Å². The molecule has 35 heavy (non-hydrogen) atoms. The number of benzene rings is 1. The van der Waals surface area contributed by atoms with Crippen molar-refractivity contribution in [3.63, 3.8) is 0 Å².